The average molecular weight is 230 g/mol. The molecule has 0 aromatic rings. The lowest BCUT2D eigenvalue weighted by molar-refractivity contribution is 0.0521. The van der Waals surface area contributed by atoms with Crippen molar-refractivity contribution in [1.82, 2.24) is 4.90 Å². The molecule has 0 fully saturated rings. The van der Waals surface area contributed by atoms with E-state index in [1.54, 1.807) is 0 Å². The second-order valence-corrected chi connectivity index (χ2v) is 4.83. The fourth-order valence-electron chi connectivity index (χ4n) is 2.07. The Bertz CT molecular complexity index is 162. The summed E-state index contributed by atoms with van der Waals surface area (Å²) in [6.07, 6.45) is 3.69. The van der Waals surface area contributed by atoms with Crippen LogP contribution in [0.2, 0.25) is 0 Å². The summed E-state index contributed by atoms with van der Waals surface area (Å²) < 4.78 is 5.56. The van der Waals surface area contributed by atoms with Crippen molar-refractivity contribution in [2.75, 3.05) is 20.2 Å². The Labute approximate surface area is 101 Å². The van der Waals surface area contributed by atoms with Gasteiger partial charge < -0.3 is 10.5 Å². The highest BCUT2D eigenvalue weighted by Crippen LogP contribution is 2.10. The van der Waals surface area contributed by atoms with Crippen LogP contribution in [0.4, 0.5) is 0 Å². The summed E-state index contributed by atoms with van der Waals surface area (Å²) in [6, 6.07) is 0.773. The van der Waals surface area contributed by atoms with Crippen molar-refractivity contribution >= 4 is 0 Å². The molecular formula is C13H30N2O. The van der Waals surface area contributed by atoms with Crippen molar-refractivity contribution in [3.05, 3.63) is 0 Å². The van der Waals surface area contributed by atoms with Crippen molar-refractivity contribution < 1.29 is 4.74 Å². The minimum Gasteiger partial charge on any atom is -0.377 e. The van der Waals surface area contributed by atoms with Crippen LogP contribution in [-0.2, 0) is 4.74 Å². The van der Waals surface area contributed by atoms with E-state index < -0.39 is 0 Å². The molecule has 0 rings (SSSR count). The highest BCUT2D eigenvalue weighted by molar-refractivity contribution is 4.79. The molecule has 2 atom stereocenters. The van der Waals surface area contributed by atoms with E-state index in [0.717, 1.165) is 32.4 Å². The van der Waals surface area contributed by atoms with Gasteiger partial charge in [0.05, 0.1) is 12.7 Å². The van der Waals surface area contributed by atoms with Crippen LogP contribution in [0.1, 0.15) is 47.0 Å². The van der Waals surface area contributed by atoms with Gasteiger partial charge in [-0.2, -0.15) is 0 Å². The van der Waals surface area contributed by atoms with Crippen LogP contribution in [0, 0.1) is 0 Å². The van der Waals surface area contributed by atoms with Crippen molar-refractivity contribution in [1.29, 1.82) is 0 Å². The number of likely N-dealkylation sites (N-methyl/N-ethyl adjacent to an activating group) is 1. The fourth-order valence-corrected chi connectivity index (χ4v) is 2.07. The molecule has 3 heteroatoms. The van der Waals surface area contributed by atoms with Crippen molar-refractivity contribution in [2.24, 2.45) is 5.73 Å². The smallest absolute Gasteiger partial charge is 0.0596 e. The van der Waals surface area contributed by atoms with Gasteiger partial charge in [0.1, 0.15) is 0 Å². The summed E-state index contributed by atoms with van der Waals surface area (Å²) in [4.78, 5) is 2.34. The second-order valence-electron chi connectivity index (χ2n) is 4.83. The first kappa shape index (κ1) is 15.9. The molecule has 0 saturated heterocycles. The van der Waals surface area contributed by atoms with Crippen LogP contribution >= 0.6 is 0 Å². The maximum Gasteiger partial charge on any atom is 0.0596 e. The maximum atomic E-state index is 6.19. The van der Waals surface area contributed by atoms with Gasteiger partial charge in [0.2, 0.25) is 0 Å². The minimum absolute atomic E-state index is 0.291. The molecule has 0 aromatic heterocycles. The van der Waals surface area contributed by atoms with E-state index in [1.165, 1.54) is 0 Å². The lowest BCUT2D eigenvalue weighted by Gasteiger charge is -2.32. The van der Waals surface area contributed by atoms with Crippen LogP contribution in [-0.4, -0.2) is 43.3 Å². The van der Waals surface area contributed by atoms with E-state index in [9.17, 15) is 0 Å². The number of nitrogens with two attached hydrogens (primary N) is 1. The Morgan fingerprint density at radius 1 is 1.25 bits per heavy atom. The summed E-state index contributed by atoms with van der Waals surface area (Å²) in [5.74, 6) is 0. The number of hydrogen-bond donors (Lipinski definition) is 1. The number of ether oxygens (including phenoxy) is 1. The summed E-state index contributed by atoms with van der Waals surface area (Å²) >= 11 is 0. The average Bonchev–Trinajstić information content (AvgIpc) is 2.18. The second kappa shape index (κ2) is 8.97. The van der Waals surface area contributed by atoms with Crippen LogP contribution in [0.15, 0.2) is 0 Å². The van der Waals surface area contributed by atoms with E-state index in [2.05, 4.69) is 39.6 Å². The molecule has 0 aliphatic rings. The SMILES string of the molecule is CCCC(N)C(CC)N(C)CCOC(C)C. The molecule has 0 bridgehead atoms. The van der Waals surface area contributed by atoms with Gasteiger partial charge in [-0.25, -0.2) is 0 Å². The molecule has 0 saturated carbocycles. The first-order valence-electron chi connectivity index (χ1n) is 6.60. The maximum absolute atomic E-state index is 6.19. The van der Waals surface area contributed by atoms with Crippen molar-refractivity contribution in [2.45, 2.75) is 65.1 Å². The Morgan fingerprint density at radius 3 is 2.31 bits per heavy atom. The largest absolute Gasteiger partial charge is 0.377 e. The van der Waals surface area contributed by atoms with Gasteiger partial charge in [0.15, 0.2) is 0 Å². The lowest BCUT2D eigenvalue weighted by Crippen LogP contribution is -2.46. The molecule has 0 amide bonds. The Balaban J connectivity index is 3.94. The summed E-state index contributed by atoms with van der Waals surface area (Å²) in [5.41, 5.74) is 6.19. The van der Waals surface area contributed by atoms with Gasteiger partial charge in [-0.05, 0) is 33.7 Å². The third-order valence-corrected chi connectivity index (χ3v) is 3.00. The third-order valence-electron chi connectivity index (χ3n) is 3.00. The van der Waals surface area contributed by atoms with E-state index >= 15 is 0 Å². The number of hydrogen-bond acceptors (Lipinski definition) is 3. The van der Waals surface area contributed by atoms with Crippen LogP contribution in [0.25, 0.3) is 0 Å². The molecular weight excluding hydrogens is 200 g/mol. The topological polar surface area (TPSA) is 38.5 Å². The summed E-state index contributed by atoms with van der Waals surface area (Å²) in [7, 11) is 2.15. The molecule has 2 unspecified atom stereocenters. The highest BCUT2D eigenvalue weighted by atomic mass is 16.5. The molecule has 0 radical (unpaired) electrons. The lowest BCUT2D eigenvalue weighted by atomic mass is 10.0. The van der Waals surface area contributed by atoms with E-state index in [0.29, 0.717) is 18.2 Å². The fraction of sp³-hybridized carbons (Fsp3) is 1.00. The Morgan fingerprint density at radius 2 is 1.88 bits per heavy atom. The van der Waals surface area contributed by atoms with Gasteiger partial charge in [0, 0.05) is 18.6 Å². The van der Waals surface area contributed by atoms with Gasteiger partial charge >= 0.3 is 0 Å². The van der Waals surface area contributed by atoms with Gasteiger partial charge in [-0.1, -0.05) is 20.3 Å². The molecule has 0 aliphatic carbocycles. The third kappa shape index (κ3) is 6.46. The zero-order chi connectivity index (χ0) is 12.6. The van der Waals surface area contributed by atoms with Gasteiger partial charge in [-0.15, -0.1) is 0 Å². The quantitative estimate of drug-likeness (QED) is 0.660. The minimum atomic E-state index is 0.291. The van der Waals surface area contributed by atoms with E-state index in [4.69, 9.17) is 10.5 Å². The van der Waals surface area contributed by atoms with Gasteiger partial charge in [-0.3, -0.25) is 4.90 Å². The number of rotatable bonds is 9. The van der Waals surface area contributed by atoms with Crippen LogP contribution in [0.5, 0.6) is 0 Å². The molecule has 98 valence electrons. The first-order chi connectivity index (χ1) is 7.52. The molecule has 16 heavy (non-hydrogen) atoms. The summed E-state index contributed by atoms with van der Waals surface area (Å²) in [5, 5.41) is 0. The van der Waals surface area contributed by atoms with Crippen molar-refractivity contribution in [3.8, 4) is 0 Å². The first-order valence-corrected chi connectivity index (χ1v) is 6.60. The molecule has 0 heterocycles. The van der Waals surface area contributed by atoms with E-state index in [1.807, 2.05) is 0 Å². The normalized spacial score (nSPS) is 15.8. The Kier molecular flexibility index (Phi) is 8.90. The predicted octanol–water partition coefficient (Wildman–Crippen LogP) is 2.25. The molecule has 0 aromatic carbocycles. The highest BCUT2D eigenvalue weighted by Gasteiger charge is 2.19. The monoisotopic (exact) mass is 230 g/mol. The molecule has 0 aliphatic heterocycles. The van der Waals surface area contributed by atoms with Gasteiger partial charge in [0.25, 0.3) is 0 Å². The summed E-state index contributed by atoms with van der Waals surface area (Å²) in [6.45, 7) is 10.3. The molecule has 3 nitrogen and oxygen atoms in total. The van der Waals surface area contributed by atoms with Crippen LogP contribution < -0.4 is 5.73 Å². The van der Waals surface area contributed by atoms with E-state index in [-0.39, 0.29) is 0 Å². The standard InChI is InChI=1S/C13H30N2O/c1-6-8-12(14)13(7-2)15(5)9-10-16-11(3)4/h11-13H,6-10,14H2,1-5H3. The molecule has 2 N–H and O–H groups in total. The Hall–Kier alpha value is -0.120. The molecule has 0 spiro atoms. The van der Waals surface area contributed by atoms with Crippen LogP contribution in [0.3, 0.4) is 0 Å². The van der Waals surface area contributed by atoms with Crippen molar-refractivity contribution in [3.63, 3.8) is 0 Å². The zero-order valence-corrected chi connectivity index (χ0v) is 11.7. The predicted molar refractivity (Wildman–Crippen MR) is 70.7 cm³/mol. The number of nitrogens with zero attached hydrogens (tertiary/aromatic N) is 1. The zero-order valence-electron chi connectivity index (χ0n) is 11.7.